The topological polar surface area (TPSA) is 67.2 Å². The summed E-state index contributed by atoms with van der Waals surface area (Å²) in [5.74, 6) is 0. The molecule has 2 rings (SSSR count). The second-order valence-corrected chi connectivity index (χ2v) is 5.10. The van der Waals surface area contributed by atoms with E-state index in [2.05, 4.69) is 23.9 Å². The molecule has 0 amide bonds. The molecule has 2 aliphatic heterocycles. The third-order valence-corrected chi connectivity index (χ3v) is 3.16. The summed E-state index contributed by atoms with van der Waals surface area (Å²) in [7, 11) is 0. The number of rotatable bonds is 2. The summed E-state index contributed by atoms with van der Waals surface area (Å²) in [6, 6.07) is 0. The maximum absolute atomic E-state index is 8.24. The van der Waals surface area contributed by atoms with Crippen LogP contribution in [0.4, 0.5) is 0 Å². The number of hydrogen-bond acceptors (Lipinski definition) is 3. The molecular weight excluding hydrogens is 194 g/mol. The van der Waals surface area contributed by atoms with Crippen molar-refractivity contribution in [3.63, 3.8) is 0 Å². The third-order valence-electron chi connectivity index (χ3n) is 3.16. The highest BCUT2D eigenvalue weighted by Gasteiger charge is 2.49. The maximum Gasteiger partial charge on any atom is 0.0947 e. The highest BCUT2D eigenvalue weighted by atomic mass is 16.6. The molecule has 0 saturated carbocycles. The average molecular weight is 211 g/mol. The quantitative estimate of drug-likeness (QED) is 0.400. The van der Waals surface area contributed by atoms with Crippen molar-refractivity contribution in [2.24, 2.45) is 5.11 Å². The molecule has 0 bridgehead atoms. The van der Waals surface area contributed by atoms with Crippen LogP contribution in [0.15, 0.2) is 5.11 Å². The zero-order chi connectivity index (χ0) is 10.9. The van der Waals surface area contributed by atoms with Gasteiger partial charge in [-0.05, 0) is 32.2 Å². The smallest absolute Gasteiger partial charge is 0.0947 e. The molecule has 5 heteroatoms. The molecular formula is C10H17N3O2. The summed E-state index contributed by atoms with van der Waals surface area (Å²) in [4.78, 5) is 2.76. The van der Waals surface area contributed by atoms with E-state index in [-0.39, 0.29) is 17.3 Å². The van der Waals surface area contributed by atoms with E-state index >= 15 is 0 Å². The van der Waals surface area contributed by atoms with Gasteiger partial charge in [-0.2, -0.15) is 0 Å². The van der Waals surface area contributed by atoms with Gasteiger partial charge in [-0.1, -0.05) is 5.11 Å². The van der Waals surface area contributed by atoms with Crippen molar-refractivity contribution in [1.82, 2.24) is 0 Å². The average Bonchev–Trinajstić information content (AvgIpc) is 2.68. The second-order valence-electron chi connectivity index (χ2n) is 5.10. The van der Waals surface area contributed by atoms with Gasteiger partial charge in [0.25, 0.3) is 0 Å². The predicted octanol–water partition coefficient (Wildman–Crippen LogP) is 2.41. The van der Waals surface area contributed by atoms with Crippen LogP contribution >= 0.6 is 0 Å². The Bertz CT molecular complexity index is 299. The van der Waals surface area contributed by atoms with Gasteiger partial charge in [-0.15, -0.1) is 0 Å². The third kappa shape index (κ3) is 2.25. The zero-order valence-electron chi connectivity index (χ0n) is 9.27. The highest BCUT2D eigenvalue weighted by molar-refractivity contribution is 4.99. The first kappa shape index (κ1) is 10.7. The van der Waals surface area contributed by atoms with Gasteiger partial charge in [0.1, 0.15) is 0 Å². The SMILES string of the molecule is CC1(C)CC2(CCC(CN=[N+]=[N-])O2)CO1. The summed E-state index contributed by atoms with van der Waals surface area (Å²) < 4.78 is 11.7. The molecule has 2 saturated heterocycles. The number of nitrogens with zero attached hydrogens (tertiary/aromatic N) is 3. The first-order chi connectivity index (χ1) is 7.05. The standard InChI is InChI=1S/C10H17N3O2/c1-9(2)6-10(7-14-9)4-3-8(15-10)5-12-13-11/h8H,3-7H2,1-2H3. The molecule has 0 aromatic carbocycles. The van der Waals surface area contributed by atoms with E-state index in [0.29, 0.717) is 13.2 Å². The van der Waals surface area contributed by atoms with E-state index in [1.165, 1.54) is 0 Å². The summed E-state index contributed by atoms with van der Waals surface area (Å²) in [6.07, 6.45) is 3.01. The van der Waals surface area contributed by atoms with E-state index < -0.39 is 0 Å². The fraction of sp³-hybridized carbons (Fsp3) is 1.00. The van der Waals surface area contributed by atoms with Crippen molar-refractivity contribution in [2.75, 3.05) is 13.2 Å². The van der Waals surface area contributed by atoms with Gasteiger partial charge in [0, 0.05) is 11.3 Å². The second kappa shape index (κ2) is 3.67. The minimum atomic E-state index is -0.112. The molecule has 15 heavy (non-hydrogen) atoms. The Labute approximate surface area is 89.4 Å². The molecule has 2 heterocycles. The van der Waals surface area contributed by atoms with Gasteiger partial charge in [0.2, 0.25) is 0 Å². The molecule has 0 aromatic rings. The van der Waals surface area contributed by atoms with Gasteiger partial charge < -0.3 is 9.47 Å². The lowest BCUT2D eigenvalue weighted by Crippen LogP contribution is -2.31. The minimum absolute atomic E-state index is 0.0760. The normalized spacial score (nSPS) is 38.1. The maximum atomic E-state index is 8.24. The number of azide groups is 1. The Morgan fingerprint density at radius 2 is 2.33 bits per heavy atom. The van der Waals surface area contributed by atoms with Gasteiger partial charge in [0.05, 0.1) is 30.5 Å². The minimum Gasteiger partial charge on any atom is -0.372 e. The first-order valence-corrected chi connectivity index (χ1v) is 5.38. The van der Waals surface area contributed by atoms with Crippen molar-refractivity contribution in [3.8, 4) is 0 Å². The Hall–Kier alpha value is -0.770. The molecule has 0 aromatic heterocycles. The van der Waals surface area contributed by atoms with Crippen LogP contribution < -0.4 is 0 Å². The predicted molar refractivity (Wildman–Crippen MR) is 55.5 cm³/mol. The fourth-order valence-corrected chi connectivity index (χ4v) is 2.59. The lowest BCUT2D eigenvalue weighted by Gasteiger charge is -2.23. The Balaban J connectivity index is 1.95. The van der Waals surface area contributed by atoms with Crippen LogP contribution in [-0.2, 0) is 9.47 Å². The summed E-state index contributed by atoms with van der Waals surface area (Å²) >= 11 is 0. The molecule has 0 radical (unpaired) electrons. The number of hydrogen-bond donors (Lipinski definition) is 0. The molecule has 2 fully saturated rings. The Kier molecular flexibility index (Phi) is 2.63. The highest BCUT2D eigenvalue weighted by Crippen LogP contribution is 2.43. The molecule has 0 aliphatic carbocycles. The molecule has 1 spiro atoms. The van der Waals surface area contributed by atoms with Crippen molar-refractivity contribution in [2.45, 2.75) is 50.4 Å². The van der Waals surface area contributed by atoms with Crippen LogP contribution in [0.25, 0.3) is 10.4 Å². The van der Waals surface area contributed by atoms with E-state index in [1.54, 1.807) is 0 Å². The summed E-state index contributed by atoms with van der Waals surface area (Å²) in [6.45, 7) is 5.29. The molecule has 0 N–H and O–H groups in total. The van der Waals surface area contributed by atoms with Gasteiger partial charge in [-0.25, -0.2) is 0 Å². The monoisotopic (exact) mass is 211 g/mol. The van der Waals surface area contributed by atoms with Crippen molar-refractivity contribution < 1.29 is 9.47 Å². The summed E-state index contributed by atoms with van der Waals surface area (Å²) in [5.41, 5.74) is 8.06. The van der Waals surface area contributed by atoms with Crippen LogP contribution in [0.3, 0.4) is 0 Å². The van der Waals surface area contributed by atoms with E-state index in [1.807, 2.05) is 0 Å². The van der Waals surface area contributed by atoms with Crippen molar-refractivity contribution >= 4 is 0 Å². The molecule has 2 unspecified atom stereocenters. The van der Waals surface area contributed by atoms with E-state index in [9.17, 15) is 0 Å². The zero-order valence-corrected chi connectivity index (χ0v) is 9.27. The van der Waals surface area contributed by atoms with Crippen molar-refractivity contribution in [3.05, 3.63) is 10.4 Å². The van der Waals surface area contributed by atoms with Crippen molar-refractivity contribution in [1.29, 1.82) is 0 Å². The van der Waals surface area contributed by atoms with Gasteiger partial charge >= 0.3 is 0 Å². The van der Waals surface area contributed by atoms with Crippen LogP contribution in [-0.4, -0.2) is 30.5 Å². The van der Waals surface area contributed by atoms with Gasteiger partial charge in [-0.3, -0.25) is 0 Å². The lowest BCUT2D eigenvalue weighted by atomic mass is 9.91. The van der Waals surface area contributed by atoms with Crippen LogP contribution in [0.1, 0.15) is 33.1 Å². The molecule has 5 nitrogen and oxygen atoms in total. The molecule has 84 valence electrons. The Morgan fingerprint density at radius 1 is 1.53 bits per heavy atom. The summed E-state index contributed by atoms with van der Waals surface area (Å²) in [5, 5.41) is 3.56. The Morgan fingerprint density at radius 3 is 2.93 bits per heavy atom. The van der Waals surface area contributed by atoms with Crippen LogP contribution in [0.2, 0.25) is 0 Å². The van der Waals surface area contributed by atoms with E-state index in [0.717, 1.165) is 19.3 Å². The van der Waals surface area contributed by atoms with E-state index in [4.69, 9.17) is 15.0 Å². The lowest BCUT2D eigenvalue weighted by molar-refractivity contribution is -0.0433. The van der Waals surface area contributed by atoms with Crippen LogP contribution in [0, 0.1) is 0 Å². The number of ether oxygens (including phenoxy) is 2. The largest absolute Gasteiger partial charge is 0.372 e. The first-order valence-electron chi connectivity index (χ1n) is 5.38. The molecule has 2 aliphatic rings. The van der Waals surface area contributed by atoms with Gasteiger partial charge in [0.15, 0.2) is 0 Å². The fourth-order valence-electron chi connectivity index (χ4n) is 2.59. The molecule has 2 atom stereocenters. The van der Waals surface area contributed by atoms with Crippen LogP contribution in [0.5, 0.6) is 0 Å².